The first-order valence-corrected chi connectivity index (χ1v) is 8.42. The Labute approximate surface area is 128 Å². The van der Waals surface area contributed by atoms with Crippen molar-refractivity contribution >= 4 is 0 Å². The predicted octanol–water partition coefficient (Wildman–Crippen LogP) is 7.09. The molecule has 0 saturated carbocycles. The highest BCUT2D eigenvalue weighted by Crippen LogP contribution is 2.20. The van der Waals surface area contributed by atoms with E-state index in [1.54, 1.807) is 0 Å². The van der Waals surface area contributed by atoms with Crippen molar-refractivity contribution in [1.29, 1.82) is 0 Å². The second-order valence-corrected chi connectivity index (χ2v) is 6.79. The average Bonchev–Trinajstić information content (AvgIpc) is 2.38. The quantitative estimate of drug-likeness (QED) is 0.249. The van der Waals surface area contributed by atoms with Crippen LogP contribution in [0.1, 0.15) is 78.6 Å². The van der Waals surface area contributed by atoms with E-state index >= 15 is 0 Å². The van der Waals surface area contributed by atoms with Gasteiger partial charge in [-0.25, -0.2) is 0 Å². The molecule has 0 aromatic carbocycles. The van der Waals surface area contributed by atoms with E-state index in [1.807, 2.05) is 6.08 Å². The Kier molecular flexibility index (Phi) is 11.5. The third kappa shape index (κ3) is 12.3. The van der Waals surface area contributed by atoms with Crippen LogP contribution in [0.25, 0.3) is 0 Å². The summed E-state index contributed by atoms with van der Waals surface area (Å²) in [6, 6.07) is 0. The zero-order valence-electron chi connectivity index (χ0n) is 14.2. The van der Waals surface area contributed by atoms with Gasteiger partial charge in [0, 0.05) is 0 Å². The molecule has 20 heavy (non-hydrogen) atoms. The Hall–Kier alpha value is -0.780. The molecule has 0 saturated heterocycles. The monoisotopic (exact) mass is 276 g/mol. The van der Waals surface area contributed by atoms with E-state index in [4.69, 9.17) is 0 Å². The number of hydrogen-bond donors (Lipinski definition) is 0. The first-order valence-electron chi connectivity index (χ1n) is 8.42. The Morgan fingerprint density at radius 2 is 1.45 bits per heavy atom. The van der Waals surface area contributed by atoms with Crippen LogP contribution in [0.4, 0.5) is 0 Å². The van der Waals surface area contributed by atoms with Crippen molar-refractivity contribution in [3.05, 3.63) is 37.0 Å². The predicted molar refractivity (Wildman–Crippen MR) is 94.0 cm³/mol. The highest BCUT2D eigenvalue weighted by Gasteiger charge is 2.04. The molecule has 0 bridgehead atoms. The van der Waals surface area contributed by atoms with Crippen molar-refractivity contribution in [1.82, 2.24) is 0 Å². The van der Waals surface area contributed by atoms with Crippen molar-refractivity contribution in [2.45, 2.75) is 78.6 Å². The van der Waals surface area contributed by atoms with Crippen molar-refractivity contribution in [2.75, 3.05) is 0 Å². The SMILES string of the molecule is C=CC(=C)CCCC(=C)CCCC(C)CCCC(C)C. The molecule has 0 radical (unpaired) electrons. The van der Waals surface area contributed by atoms with Crippen LogP contribution in [0.15, 0.2) is 37.0 Å². The molecule has 0 rings (SSSR count). The third-order valence-corrected chi connectivity index (χ3v) is 4.02. The lowest BCUT2D eigenvalue weighted by molar-refractivity contribution is 0.426. The summed E-state index contributed by atoms with van der Waals surface area (Å²) in [5, 5.41) is 0. The summed E-state index contributed by atoms with van der Waals surface area (Å²) >= 11 is 0. The maximum atomic E-state index is 4.20. The molecule has 0 aromatic heterocycles. The topological polar surface area (TPSA) is 0 Å². The van der Waals surface area contributed by atoms with Gasteiger partial charge in [-0.2, -0.15) is 0 Å². The zero-order valence-corrected chi connectivity index (χ0v) is 14.2. The largest absolute Gasteiger partial charge is 0.0999 e. The van der Waals surface area contributed by atoms with E-state index in [1.165, 1.54) is 50.5 Å². The number of rotatable bonds is 13. The van der Waals surface area contributed by atoms with Crippen LogP contribution in [0.2, 0.25) is 0 Å². The van der Waals surface area contributed by atoms with E-state index in [-0.39, 0.29) is 0 Å². The van der Waals surface area contributed by atoms with Gasteiger partial charge in [0.1, 0.15) is 0 Å². The van der Waals surface area contributed by atoms with E-state index in [0.29, 0.717) is 0 Å². The van der Waals surface area contributed by atoms with Crippen molar-refractivity contribution in [3.63, 3.8) is 0 Å². The maximum Gasteiger partial charge on any atom is -0.0282 e. The Bertz CT molecular complexity index is 282. The molecule has 0 aliphatic heterocycles. The minimum atomic E-state index is 0.854. The summed E-state index contributed by atoms with van der Waals surface area (Å²) in [5.74, 6) is 1.73. The summed E-state index contributed by atoms with van der Waals surface area (Å²) in [6.07, 6.45) is 13.3. The third-order valence-electron chi connectivity index (χ3n) is 4.02. The van der Waals surface area contributed by atoms with Gasteiger partial charge in [-0.15, -0.1) is 0 Å². The summed E-state index contributed by atoms with van der Waals surface area (Å²) in [5.41, 5.74) is 2.56. The van der Waals surface area contributed by atoms with Crippen LogP contribution < -0.4 is 0 Å². The van der Waals surface area contributed by atoms with E-state index < -0.39 is 0 Å². The minimum Gasteiger partial charge on any atom is -0.0999 e. The van der Waals surface area contributed by atoms with Gasteiger partial charge in [-0.3, -0.25) is 0 Å². The van der Waals surface area contributed by atoms with Crippen LogP contribution >= 0.6 is 0 Å². The molecule has 0 heterocycles. The van der Waals surface area contributed by atoms with Crippen LogP contribution in [-0.2, 0) is 0 Å². The van der Waals surface area contributed by atoms with E-state index in [9.17, 15) is 0 Å². The Morgan fingerprint density at radius 3 is 2.05 bits per heavy atom. The highest BCUT2D eigenvalue weighted by atomic mass is 14.1. The average molecular weight is 277 g/mol. The molecule has 1 unspecified atom stereocenters. The molecule has 0 N–H and O–H groups in total. The van der Waals surface area contributed by atoms with Gasteiger partial charge >= 0.3 is 0 Å². The highest BCUT2D eigenvalue weighted by molar-refractivity contribution is 5.10. The van der Waals surface area contributed by atoms with Gasteiger partial charge in [0.25, 0.3) is 0 Å². The second-order valence-electron chi connectivity index (χ2n) is 6.79. The number of allylic oxidation sites excluding steroid dienone is 3. The molecule has 0 nitrogen and oxygen atoms in total. The lowest BCUT2D eigenvalue weighted by Gasteiger charge is -2.13. The fourth-order valence-corrected chi connectivity index (χ4v) is 2.51. The molecular weight excluding hydrogens is 240 g/mol. The first kappa shape index (κ1) is 19.2. The molecule has 116 valence electrons. The van der Waals surface area contributed by atoms with Crippen LogP contribution in [0.5, 0.6) is 0 Å². The lowest BCUT2D eigenvalue weighted by atomic mass is 9.94. The molecule has 0 amide bonds. The standard InChI is InChI=1S/C20H36/c1-7-18(4)12-9-14-20(6)16-10-15-19(5)13-8-11-17(2)3/h7,17,19H,1,4,6,8-16H2,2-3,5H3. The Balaban J connectivity index is 3.50. The molecule has 0 aliphatic rings. The van der Waals surface area contributed by atoms with Crippen LogP contribution in [-0.4, -0.2) is 0 Å². The smallest absolute Gasteiger partial charge is 0.0282 e. The fraction of sp³-hybridized carbons (Fsp3) is 0.700. The van der Waals surface area contributed by atoms with E-state index in [2.05, 4.69) is 40.5 Å². The summed E-state index contributed by atoms with van der Waals surface area (Å²) in [4.78, 5) is 0. The summed E-state index contributed by atoms with van der Waals surface area (Å²) < 4.78 is 0. The molecule has 0 heteroatoms. The number of hydrogen-bond acceptors (Lipinski definition) is 0. The second kappa shape index (κ2) is 12.0. The summed E-state index contributed by atoms with van der Waals surface area (Å²) in [7, 11) is 0. The molecule has 0 aromatic rings. The first-order chi connectivity index (χ1) is 9.45. The molecule has 0 aliphatic carbocycles. The van der Waals surface area contributed by atoms with Gasteiger partial charge in [0.15, 0.2) is 0 Å². The van der Waals surface area contributed by atoms with Gasteiger partial charge in [0.2, 0.25) is 0 Å². The molecule has 1 atom stereocenters. The molecule has 0 fully saturated rings. The van der Waals surface area contributed by atoms with Gasteiger partial charge in [0.05, 0.1) is 0 Å². The Morgan fingerprint density at radius 1 is 0.850 bits per heavy atom. The van der Waals surface area contributed by atoms with E-state index in [0.717, 1.165) is 30.3 Å². The molecular formula is C20H36. The minimum absolute atomic E-state index is 0.854. The fourth-order valence-electron chi connectivity index (χ4n) is 2.51. The van der Waals surface area contributed by atoms with Crippen molar-refractivity contribution < 1.29 is 0 Å². The normalized spacial score (nSPS) is 12.4. The van der Waals surface area contributed by atoms with Crippen molar-refractivity contribution in [3.8, 4) is 0 Å². The van der Waals surface area contributed by atoms with Crippen LogP contribution in [0, 0.1) is 11.8 Å². The maximum absolute atomic E-state index is 4.20. The van der Waals surface area contributed by atoms with Crippen molar-refractivity contribution in [2.24, 2.45) is 11.8 Å². The van der Waals surface area contributed by atoms with Gasteiger partial charge in [-0.05, 0) is 43.9 Å². The lowest BCUT2D eigenvalue weighted by Crippen LogP contribution is -1.97. The van der Waals surface area contributed by atoms with Gasteiger partial charge < -0.3 is 0 Å². The zero-order chi connectivity index (χ0) is 15.4. The van der Waals surface area contributed by atoms with Crippen LogP contribution in [0.3, 0.4) is 0 Å². The molecule has 0 spiro atoms. The van der Waals surface area contributed by atoms with Gasteiger partial charge in [-0.1, -0.05) is 83.4 Å². The summed E-state index contributed by atoms with van der Waals surface area (Å²) in [6.45, 7) is 18.9.